The molecule has 0 radical (unpaired) electrons. The van der Waals surface area contributed by atoms with E-state index in [4.69, 9.17) is 4.74 Å². The van der Waals surface area contributed by atoms with Gasteiger partial charge in [0.1, 0.15) is 6.04 Å². The molecule has 5 heteroatoms. The molecule has 5 nitrogen and oxygen atoms in total. The highest BCUT2D eigenvalue weighted by molar-refractivity contribution is 5.93. The predicted molar refractivity (Wildman–Crippen MR) is 83.3 cm³/mol. The Morgan fingerprint density at radius 1 is 1.29 bits per heavy atom. The highest BCUT2D eigenvalue weighted by atomic mass is 16.5. The molecule has 0 spiro atoms. The standard InChI is InChI=1S/C16H24N2O3/c1-6-11(3)14(15(19)21-5)18-16(20)17-13-9-10(2)7-8-12(13)4/h7-9,11,14H,6H2,1-5H3,(H2,17,18,20)/t11-,14+/m1/s1. The van der Waals surface area contributed by atoms with Gasteiger partial charge in [0, 0.05) is 5.69 Å². The number of hydrogen-bond acceptors (Lipinski definition) is 3. The van der Waals surface area contributed by atoms with Crippen LogP contribution in [0, 0.1) is 19.8 Å². The number of carbonyl (C=O) groups is 2. The maximum Gasteiger partial charge on any atom is 0.328 e. The normalized spacial score (nSPS) is 13.2. The third-order valence-corrected chi connectivity index (χ3v) is 3.60. The maximum absolute atomic E-state index is 12.1. The number of rotatable bonds is 5. The molecule has 0 aliphatic carbocycles. The van der Waals surface area contributed by atoms with Crippen LogP contribution in [-0.4, -0.2) is 25.2 Å². The van der Waals surface area contributed by atoms with Crippen molar-refractivity contribution < 1.29 is 14.3 Å². The summed E-state index contributed by atoms with van der Waals surface area (Å²) in [7, 11) is 1.32. The van der Waals surface area contributed by atoms with Crippen molar-refractivity contribution in [2.45, 2.75) is 40.2 Å². The Morgan fingerprint density at radius 2 is 1.95 bits per heavy atom. The van der Waals surface area contributed by atoms with Gasteiger partial charge in [-0.3, -0.25) is 0 Å². The molecule has 2 N–H and O–H groups in total. The van der Waals surface area contributed by atoms with Crippen LogP contribution in [0.4, 0.5) is 10.5 Å². The van der Waals surface area contributed by atoms with Crippen LogP contribution in [-0.2, 0) is 9.53 Å². The van der Waals surface area contributed by atoms with E-state index in [2.05, 4.69) is 10.6 Å². The van der Waals surface area contributed by atoms with Gasteiger partial charge in [-0.15, -0.1) is 0 Å². The van der Waals surface area contributed by atoms with Gasteiger partial charge >= 0.3 is 12.0 Å². The van der Waals surface area contributed by atoms with E-state index in [1.807, 2.05) is 45.9 Å². The Hall–Kier alpha value is -2.04. The lowest BCUT2D eigenvalue weighted by molar-refractivity contribution is -0.144. The molecule has 0 aromatic heterocycles. The van der Waals surface area contributed by atoms with E-state index >= 15 is 0 Å². The molecule has 0 bridgehead atoms. The number of anilines is 1. The van der Waals surface area contributed by atoms with Crippen molar-refractivity contribution in [3.63, 3.8) is 0 Å². The zero-order valence-electron chi connectivity index (χ0n) is 13.3. The number of benzene rings is 1. The molecule has 0 heterocycles. The molecule has 1 aromatic rings. The van der Waals surface area contributed by atoms with Crippen molar-refractivity contribution in [2.75, 3.05) is 12.4 Å². The summed E-state index contributed by atoms with van der Waals surface area (Å²) in [6, 6.07) is 4.77. The second-order valence-electron chi connectivity index (χ2n) is 5.30. The third kappa shape index (κ3) is 4.77. The molecule has 2 amide bonds. The lowest BCUT2D eigenvalue weighted by Gasteiger charge is -2.22. The summed E-state index contributed by atoms with van der Waals surface area (Å²) in [5.74, 6) is -0.428. The van der Waals surface area contributed by atoms with Gasteiger partial charge in [-0.2, -0.15) is 0 Å². The second-order valence-corrected chi connectivity index (χ2v) is 5.30. The van der Waals surface area contributed by atoms with E-state index < -0.39 is 18.0 Å². The fourth-order valence-electron chi connectivity index (χ4n) is 1.97. The van der Waals surface area contributed by atoms with E-state index in [0.29, 0.717) is 0 Å². The Labute approximate surface area is 126 Å². The first-order valence-electron chi connectivity index (χ1n) is 7.11. The van der Waals surface area contributed by atoms with Crippen LogP contribution in [0.5, 0.6) is 0 Å². The number of aryl methyl sites for hydroxylation is 2. The summed E-state index contributed by atoms with van der Waals surface area (Å²) in [4.78, 5) is 23.9. The first-order valence-corrected chi connectivity index (χ1v) is 7.11. The Bertz CT molecular complexity index is 514. The summed E-state index contributed by atoms with van der Waals surface area (Å²) >= 11 is 0. The number of hydrogen-bond donors (Lipinski definition) is 2. The number of amides is 2. The molecule has 0 saturated heterocycles. The molecule has 1 aromatic carbocycles. The van der Waals surface area contributed by atoms with Crippen molar-refractivity contribution >= 4 is 17.7 Å². The molecule has 0 unspecified atom stereocenters. The van der Waals surface area contributed by atoms with E-state index in [1.165, 1.54) is 7.11 Å². The van der Waals surface area contributed by atoms with Gasteiger partial charge in [0.05, 0.1) is 7.11 Å². The maximum atomic E-state index is 12.1. The molecule has 0 saturated carbocycles. The topological polar surface area (TPSA) is 67.4 Å². The molecule has 0 aliphatic rings. The average Bonchev–Trinajstić information content (AvgIpc) is 2.47. The molecular formula is C16H24N2O3. The van der Waals surface area contributed by atoms with Crippen LogP contribution in [0.1, 0.15) is 31.4 Å². The van der Waals surface area contributed by atoms with Crippen LogP contribution < -0.4 is 10.6 Å². The molecule has 21 heavy (non-hydrogen) atoms. The van der Waals surface area contributed by atoms with Crippen LogP contribution in [0.3, 0.4) is 0 Å². The van der Waals surface area contributed by atoms with E-state index in [0.717, 1.165) is 23.2 Å². The third-order valence-electron chi connectivity index (χ3n) is 3.60. The van der Waals surface area contributed by atoms with Crippen molar-refractivity contribution in [3.05, 3.63) is 29.3 Å². The minimum absolute atomic E-state index is 0.00167. The minimum Gasteiger partial charge on any atom is -0.467 e. The average molecular weight is 292 g/mol. The Balaban J connectivity index is 2.78. The monoisotopic (exact) mass is 292 g/mol. The van der Waals surface area contributed by atoms with E-state index in [-0.39, 0.29) is 5.92 Å². The fourth-order valence-corrected chi connectivity index (χ4v) is 1.97. The summed E-state index contributed by atoms with van der Waals surface area (Å²) in [6.45, 7) is 7.74. The van der Waals surface area contributed by atoms with E-state index in [1.54, 1.807) is 0 Å². The molecule has 0 fully saturated rings. The first-order chi connectivity index (χ1) is 9.88. The van der Waals surface area contributed by atoms with Gasteiger partial charge < -0.3 is 15.4 Å². The SMILES string of the molecule is CC[C@@H](C)[C@H](NC(=O)Nc1cc(C)ccc1C)C(=O)OC. The smallest absolute Gasteiger partial charge is 0.328 e. The lowest BCUT2D eigenvalue weighted by Crippen LogP contribution is -2.47. The van der Waals surface area contributed by atoms with Crippen molar-refractivity contribution in [1.29, 1.82) is 0 Å². The molecule has 2 atom stereocenters. The van der Waals surface area contributed by atoms with Gasteiger partial charge in [0.2, 0.25) is 0 Å². The van der Waals surface area contributed by atoms with E-state index in [9.17, 15) is 9.59 Å². The van der Waals surface area contributed by atoms with Crippen molar-refractivity contribution in [2.24, 2.45) is 5.92 Å². The molecule has 0 aliphatic heterocycles. The van der Waals surface area contributed by atoms with Crippen LogP contribution in [0.2, 0.25) is 0 Å². The number of nitrogens with one attached hydrogen (secondary N) is 2. The highest BCUT2D eigenvalue weighted by Gasteiger charge is 2.26. The first kappa shape index (κ1) is 17.0. The molecule has 116 valence electrons. The zero-order valence-corrected chi connectivity index (χ0v) is 13.3. The summed E-state index contributed by atoms with van der Waals surface area (Å²) in [5, 5.41) is 5.47. The highest BCUT2D eigenvalue weighted by Crippen LogP contribution is 2.16. The summed E-state index contributed by atoms with van der Waals surface area (Å²) in [5.41, 5.74) is 2.76. The van der Waals surface area contributed by atoms with Gasteiger partial charge in [-0.05, 0) is 37.0 Å². The van der Waals surface area contributed by atoms with Crippen LogP contribution >= 0.6 is 0 Å². The van der Waals surface area contributed by atoms with Crippen LogP contribution in [0.25, 0.3) is 0 Å². The number of ether oxygens (including phenoxy) is 1. The Morgan fingerprint density at radius 3 is 2.52 bits per heavy atom. The number of urea groups is 1. The number of carbonyl (C=O) groups excluding carboxylic acids is 2. The predicted octanol–water partition coefficient (Wildman–Crippen LogP) is 3.01. The van der Waals surface area contributed by atoms with Gasteiger partial charge in [0.15, 0.2) is 0 Å². The fraction of sp³-hybridized carbons (Fsp3) is 0.500. The molecule has 1 rings (SSSR count). The summed E-state index contributed by atoms with van der Waals surface area (Å²) in [6.07, 6.45) is 0.767. The summed E-state index contributed by atoms with van der Waals surface area (Å²) < 4.78 is 4.75. The van der Waals surface area contributed by atoms with Gasteiger partial charge in [-0.1, -0.05) is 32.4 Å². The van der Waals surface area contributed by atoms with Crippen molar-refractivity contribution in [3.8, 4) is 0 Å². The van der Waals surface area contributed by atoms with Crippen molar-refractivity contribution in [1.82, 2.24) is 5.32 Å². The molecular weight excluding hydrogens is 268 g/mol. The van der Waals surface area contributed by atoms with Crippen LogP contribution in [0.15, 0.2) is 18.2 Å². The minimum atomic E-state index is -0.648. The largest absolute Gasteiger partial charge is 0.467 e. The number of esters is 1. The van der Waals surface area contributed by atoms with Gasteiger partial charge in [-0.25, -0.2) is 9.59 Å². The second kappa shape index (κ2) is 7.67. The number of methoxy groups -OCH3 is 1. The lowest BCUT2D eigenvalue weighted by atomic mass is 9.99. The Kier molecular flexibility index (Phi) is 6.21. The zero-order chi connectivity index (χ0) is 16.0. The van der Waals surface area contributed by atoms with Gasteiger partial charge in [0.25, 0.3) is 0 Å². The quantitative estimate of drug-likeness (QED) is 0.820.